The molecule has 0 spiro atoms. The Hall–Kier alpha value is -0.650. The Balaban J connectivity index is 2.00. The summed E-state index contributed by atoms with van der Waals surface area (Å²) in [5, 5.41) is 9.14. The normalized spacial score (nSPS) is 36.1. The number of aliphatic hydroxyl groups is 1. The van der Waals surface area contributed by atoms with Crippen molar-refractivity contribution in [3.63, 3.8) is 0 Å². The van der Waals surface area contributed by atoms with E-state index in [1.54, 1.807) is 4.90 Å². The highest BCUT2D eigenvalue weighted by Gasteiger charge is 2.38. The van der Waals surface area contributed by atoms with E-state index in [9.17, 15) is 4.79 Å². The van der Waals surface area contributed by atoms with E-state index in [-0.39, 0.29) is 30.5 Å². The van der Waals surface area contributed by atoms with E-state index in [2.05, 4.69) is 0 Å². The van der Waals surface area contributed by atoms with Gasteiger partial charge in [-0.05, 0) is 12.8 Å². The zero-order chi connectivity index (χ0) is 10.8. The van der Waals surface area contributed by atoms with Gasteiger partial charge in [0.2, 0.25) is 5.91 Å². The van der Waals surface area contributed by atoms with Crippen LogP contribution in [0.2, 0.25) is 0 Å². The van der Waals surface area contributed by atoms with Crippen LogP contribution in [0.25, 0.3) is 0 Å². The van der Waals surface area contributed by atoms with Gasteiger partial charge in [-0.15, -0.1) is 0 Å². The van der Waals surface area contributed by atoms with Crippen molar-refractivity contribution in [1.29, 1.82) is 0 Å². The third-order valence-corrected chi connectivity index (χ3v) is 3.31. The number of carbonyl (C=O) groups excluding carboxylic acids is 1. The van der Waals surface area contributed by atoms with E-state index >= 15 is 0 Å². The molecular formula is C10H18N2O3. The van der Waals surface area contributed by atoms with Gasteiger partial charge in [-0.3, -0.25) is 4.79 Å². The molecule has 0 radical (unpaired) electrons. The van der Waals surface area contributed by atoms with Gasteiger partial charge >= 0.3 is 0 Å². The van der Waals surface area contributed by atoms with E-state index in [1.807, 2.05) is 0 Å². The summed E-state index contributed by atoms with van der Waals surface area (Å²) in [5.41, 5.74) is 5.80. The number of aliphatic hydroxyl groups excluding tert-OH is 1. The zero-order valence-electron chi connectivity index (χ0n) is 8.76. The monoisotopic (exact) mass is 214 g/mol. The van der Waals surface area contributed by atoms with Crippen LogP contribution in [0, 0.1) is 5.92 Å². The first-order valence-electron chi connectivity index (χ1n) is 5.48. The summed E-state index contributed by atoms with van der Waals surface area (Å²) in [6, 6.07) is -0.192. The molecule has 2 rings (SSSR count). The fraction of sp³-hybridized carbons (Fsp3) is 0.900. The van der Waals surface area contributed by atoms with E-state index in [0.29, 0.717) is 13.2 Å². The van der Waals surface area contributed by atoms with Gasteiger partial charge in [0.05, 0.1) is 31.8 Å². The molecular weight excluding hydrogens is 196 g/mol. The lowest BCUT2D eigenvalue weighted by molar-refractivity contribution is -0.137. The van der Waals surface area contributed by atoms with Crippen LogP contribution in [0.5, 0.6) is 0 Å². The Morgan fingerprint density at radius 2 is 2.33 bits per heavy atom. The molecule has 3 atom stereocenters. The third-order valence-electron chi connectivity index (χ3n) is 3.31. The number of ether oxygens (including phenoxy) is 1. The van der Waals surface area contributed by atoms with E-state index in [4.69, 9.17) is 15.6 Å². The third kappa shape index (κ3) is 2.00. The second-order valence-electron chi connectivity index (χ2n) is 4.32. The summed E-state index contributed by atoms with van der Waals surface area (Å²) in [6.45, 7) is 1.69. The summed E-state index contributed by atoms with van der Waals surface area (Å²) in [7, 11) is 0. The molecule has 5 nitrogen and oxygen atoms in total. The molecule has 1 amide bonds. The molecule has 0 aromatic carbocycles. The molecule has 15 heavy (non-hydrogen) atoms. The lowest BCUT2D eigenvalue weighted by Crippen LogP contribution is -2.46. The van der Waals surface area contributed by atoms with Crippen LogP contribution in [0.3, 0.4) is 0 Å². The number of hydrogen-bond donors (Lipinski definition) is 2. The van der Waals surface area contributed by atoms with Crippen molar-refractivity contribution in [2.24, 2.45) is 11.7 Å². The maximum Gasteiger partial charge on any atom is 0.230 e. The Labute approximate surface area is 89.2 Å². The number of likely N-dealkylation sites (tertiary alicyclic amines) is 1. The standard InChI is InChI=1S/C10H18N2O3/c11-9-6-15-5-8(9)10(14)12-3-1-2-7(12)4-13/h7-9,13H,1-6,11H2. The van der Waals surface area contributed by atoms with Crippen LogP contribution in [0.15, 0.2) is 0 Å². The first-order valence-corrected chi connectivity index (χ1v) is 5.48. The quantitative estimate of drug-likeness (QED) is 0.614. The Kier molecular flexibility index (Phi) is 3.23. The minimum Gasteiger partial charge on any atom is -0.394 e. The van der Waals surface area contributed by atoms with E-state index in [0.717, 1.165) is 19.4 Å². The van der Waals surface area contributed by atoms with Gasteiger partial charge in [0, 0.05) is 12.6 Å². The van der Waals surface area contributed by atoms with E-state index in [1.165, 1.54) is 0 Å². The van der Waals surface area contributed by atoms with Gasteiger partial charge in [-0.1, -0.05) is 0 Å². The summed E-state index contributed by atoms with van der Waals surface area (Å²) < 4.78 is 5.18. The Bertz CT molecular complexity index is 247. The van der Waals surface area contributed by atoms with Gasteiger partial charge in [-0.25, -0.2) is 0 Å². The molecule has 0 aromatic rings. The molecule has 2 saturated heterocycles. The van der Waals surface area contributed by atoms with Crippen LogP contribution < -0.4 is 5.73 Å². The van der Waals surface area contributed by atoms with Crippen LogP contribution in [0.4, 0.5) is 0 Å². The van der Waals surface area contributed by atoms with Crippen molar-refractivity contribution in [3.8, 4) is 0 Å². The minimum atomic E-state index is -0.211. The number of amides is 1. The highest BCUT2D eigenvalue weighted by Crippen LogP contribution is 2.22. The van der Waals surface area contributed by atoms with Crippen LogP contribution in [0.1, 0.15) is 12.8 Å². The van der Waals surface area contributed by atoms with Crippen LogP contribution in [-0.2, 0) is 9.53 Å². The second kappa shape index (κ2) is 4.47. The van der Waals surface area contributed by atoms with Gasteiger partial charge < -0.3 is 20.5 Å². The minimum absolute atomic E-state index is 0.00898. The molecule has 2 aliphatic heterocycles. The Morgan fingerprint density at radius 3 is 2.93 bits per heavy atom. The smallest absolute Gasteiger partial charge is 0.230 e. The number of hydrogen-bond acceptors (Lipinski definition) is 4. The van der Waals surface area contributed by atoms with Crippen molar-refractivity contribution < 1.29 is 14.6 Å². The summed E-state index contributed by atoms with van der Waals surface area (Å²) in [6.07, 6.45) is 1.87. The highest BCUT2D eigenvalue weighted by molar-refractivity contribution is 5.80. The van der Waals surface area contributed by atoms with Gasteiger partial charge in [0.25, 0.3) is 0 Å². The average molecular weight is 214 g/mol. The first-order chi connectivity index (χ1) is 7.24. The number of carbonyl (C=O) groups is 1. The predicted molar refractivity (Wildman–Crippen MR) is 54.1 cm³/mol. The first kappa shape index (κ1) is 10.9. The lowest BCUT2D eigenvalue weighted by Gasteiger charge is -2.26. The summed E-state index contributed by atoms with van der Waals surface area (Å²) in [4.78, 5) is 13.8. The molecule has 0 aromatic heterocycles. The van der Waals surface area contributed by atoms with Gasteiger partial charge in [0.15, 0.2) is 0 Å². The fourth-order valence-electron chi connectivity index (χ4n) is 2.35. The molecule has 2 heterocycles. The topological polar surface area (TPSA) is 75.8 Å². The van der Waals surface area contributed by atoms with Crippen molar-refractivity contribution >= 4 is 5.91 Å². The van der Waals surface area contributed by atoms with Crippen molar-refractivity contribution in [3.05, 3.63) is 0 Å². The fourth-order valence-corrected chi connectivity index (χ4v) is 2.35. The van der Waals surface area contributed by atoms with Gasteiger partial charge in [0.1, 0.15) is 0 Å². The van der Waals surface area contributed by atoms with Crippen molar-refractivity contribution in [2.75, 3.05) is 26.4 Å². The molecule has 5 heteroatoms. The lowest BCUT2D eigenvalue weighted by atomic mass is 10.0. The highest BCUT2D eigenvalue weighted by atomic mass is 16.5. The molecule has 0 saturated carbocycles. The zero-order valence-corrected chi connectivity index (χ0v) is 8.76. The van der Waals surface area contributed by atoms with Crippen LogP contribution in [-0.4, -0.2) is 54.4 Å². The average Bonchev–Trinajstić information content (AvgIpc) is 2.84. The van der Waals surface area contributed by atoms with Crippen molar-refractivity contribution in [1.82, 2.24) is 4.90 Å². The van der Waals surface area contributed by atoms with Crippen LogP contribution >= 0.6 is 0 Å². The molecule has 3 unspecified atom stereocenters. The molecule has 0 aliphatic carbocycles. The molecule has 3 N–H and O–H groups in total. The summed E-state index contributed by atoms with van der Waals surface area (Å²) in [5.74, 6) is -0.159. The molecule has 86 valence electrons. The Morgan fingerprint density at radius 1 is 1.53 bits per heavy atom. The maximum atomic E-state index is 12.1. The number of rotatable bonds is 2. The number of nitrogens with two attached hydrogens (primary N) is 1. The SMILES string of the molecule is NC1COCC1C(=O)N1CCCC1CO. The molecule has 2 fully saturated rings. The van der Waals surface area contributed by atoms with E-state index < -0.39 is 0 Å². The largest absolute Gasteiger partial charge is 0.394 e. The number of nitrogens with zero attached hydrogens (tertiary/aromatic N) is 1. The summed E-state index contributed by atoms with van der Waals surface area (Å²) >= 11 is 0. The second-order valence-corrected chi connectivity index (χ2v) is 4.32. The molecule has 0 bridgehead atoms. The maximum absolute atomic E-state index is 12.1. The molecule has 2 aliphatic rings. The predicted octanol–water partition coefficient (Wildman–Crippen LogP) is -1.06. The van der Waals surface area contributed by atoms with Gasteiger partial charge in [-0.2, -0.15) is 0 Å². The van der Waals surface area contributed by atoms with Crippen molar-refractivity contribution in [2.45, 2.75) is 24.9 Å².